The third kappa shape index (κ3) is 2.17. The summed E-state index contributed by atoms with van der Waals surface area (Å²) in [6, 6.07) is 8.44. The third-order valence-corrected chi connectivity index (χ3v) is 4.58. The van der Waals surface area contributed by atoms with E-state index in [-0.39, 0.29) is 0 Å². The summed E-state index contributed by atoms with van der Waals surface area (Å²) in [6.45, 7) is 4.37. The van der Waals surface area contributed by atoms with Crippen LogP contribution in [0.2, 0.25) is 5.02 Å². The Morgan fingerprint density at radius 2 is 2.00 bits per heavy atom. The number of hydrogen-bond acceptors (Lipinski definition) is 1. The largest absolute Gasteiger partial charge is 0.358 e. The zero-order valence-corrected chi connectivity index (χ0v) is 13.5. The van der Waals surface area contributed by atoms with Crippen LogP contribution in [0, 0.1) is 0 Å². The van der Waals surface area contributed by atoms with Crippen LogP contribution in [0.1, 0.15) is 37.6 Å². The predicted octanol–water partition coefficient (Wildman–Crippen LogP) is 5.59. The summed E-state index contributed by atoms with van der Waals surface area (Å²) in [4.78, 5) is 11.4. The number of benzene rings is 1. The maximum atomic E-state index is 6.52. The van der Waals surface area contributed by atoms with Crippen molar-refractivity contribution < 1.29 is 0 Å². The van der Waals surface area contributed by atoms with Crippen LogP contribution in [-0.2, 0) is 6.42 Å². The van der Waals surface area contributed by atoms with Gasteiger partial charge in [-0.1, -0.05) is 25.4 Å². The number of nitrogens with zero attached hydrogens (tertiary/aromatic N) is 1. The maximum absolute atomic E-state index is 6.52. The lowest BCUT2D eigenvalue weighted by Gasteiger charge is -2.03. The van der Waals surface area contributed by atoms with Gasteiger partial charge in [0.15, 0.2) is 0 Å². The van der Waals surface area contributed by atoms with Crippen molar-refractivity contribution in [2.75, 3.05) is 0 Å². The van der Waals surface area contributed by atoms with Crippen molar-refractivity contribution in [1.29, 1.82) is 0 Å². The summed E-state index contributed by atoms with van der Waals surface area (Å²) in [5.41, 5.74) is 6.65. The van der Waals surface area contributed by atoms with Gasteiger partial charge in [-0.25, -0.2) is 0 Å². The van der Waals surface area contributed by atoms with Gasteiger partial charge in [-0.05, 0) is 43.0 Å². The van der Waals surface area contributed by atoms with E-state index in [1.54, 1.807) is 0 Å². The lowest BCUT2D eigenvalue weighted by Crippen LogP contribution is -1.91. The van der Waals surface area contributed by atoms with Crippen LogP contribution in [0.4, 0.5) is 5.69 Å². The molecule has 1 aliphatic rings. The molecule has 0 spiro atoms. The third-order valence-electron chi connectivity index (χ3n) is 4.27. The van der Waals surface area contributed by atoms with E-state index in [0.717, 1.165) is 45.7 Å². The normalized spacial score (nSPS) is 14.0. The molecule has 22 heavy (non-hydrogen) atoms. The van der Waals surface area contributed by atoms with Crippen LogP contribution in [0.3, 0.4) is 0 Å². The average molecular weight is 312 g/mol. The summed E-state index contributed by atoms with van der Waals surface area (Å²) < 4.78 is 0. The number of H-pyrrole nitrogens is 2. The summed E-state index contributed by atoms with van der Waals surface area (Å²) >= 11 is 6.52. The summed E-state index contributed by atoms with van der Waals surface area (Å²) in [5, 5.41) is 1.93. The zero-order valence-electron chi connectivity index (χ0n) is 12.7. The molecule has 0 radical (unpaired) electrons. The molecule has 0 amide bonds. The molecule has 2 aromatic heterocycles. The second-order valence-electron chi connectivity index (χ2n) is 6.20. The van der Waals surface area contributed by atoms with Crippen molar-refractivity contribution in [3.63, 3.8) is 0 Å². The molecule has 112 valence electrons. The summed E-state index contributed by atoms with van der Waals surface area (Å²) in [7, 11) is 0. The quantitative estimate of drug-likeness (QED) is 0.620. The van der Waals surface area contributed by atoms with Crippen LogP contribution < -0.4 is 0 Å². The smallest absolute Gasteiger partial charge is 0.0839 e. The van der Waals surface area contributed by atoms with Crippen LogP contribution in [0.25, 0.3) is 22.2 Å². The fourth-order valence-electron chi connectivity index (χ4n) is 3.00. The standard InChI is InChI=1S/C18H18ClN3/c1-10(2)15-7-11-6-13(19)12(8-16(11)22-15)17-9-18-14(21-17)4-3-5-20-18/h5-10,21-22H,3-4H2,1-2H3. The topological polar surface area (TPSA) is 43.9 Å². The fourth-order valence-corrected chi connectivity index (χ4v) is 3.28. The van der Waals surface area contributed by atoms with Gasteiger partial charge in [-0.2, -0.15) is 0 Å². The maximum Gasteiger partial charge on any atom is 0.0839 e. The predicted molar refractivity (Wildman–Crippen MR) is 93.7 cm³/mol. The Morgan fingerprint density at radius 1 is 1.14 bits per heavy atom. The second-order valence-corrected chi connectivity index (χ2v) is 6.60. The highest BCUT2D eigenvalue weighted by atomic mass is 35.5. The van der Waals surface area contributed by atoms with Crippen molar-refractivity contribution in [1.82, 2.24) is 9.97 Å². The Kier molecular flexibility index (Phi) is 3.12. The number of aromatic amines is 2. The van der Waals surface area contributed by atoms with Gasteiger partial charge < -0.3 is 9.97 Å². The number of nitrogens with one attached hydrogen (secondary N) is 2. The molecule has 4 heteroatoms. The second kappa shape index (κ2) is 5.03. The first-order valence-electron chi connectivity index (χ1n) is 7.69. The first-order chi connectivity index (χ1) is 10.6. The van der Waals surface area contributed by atoms with E-state index in [4.69, 9.17) is 11.6 Å². The molecule has 0 unspecified atom stereocenters. The van der Waals surface area contributed by atoms with Gasteiger partial charge in [0.1, 0.15) is 0 Å². The minimum absolute atomic E-state index is 0.474. The Hall–Kier alpha value is -2.00. The van der Waals surface area contributed by atoms with E-state index in [1.165, 1.54) is 11.4 Å². The minimum atomic E-state index is 0.474. The molecule has 3 nitrogen and oxygen atoms in total. The van der Waals surface area contributed by atoms with Crippen LogP contribution in [0.5, 0.6) is 0 Å². The molecular formula is C18H18ClN3. The van der Waals surface area contributed by atoms with Gasteiger partial charge in [0.05, 0.1) is 10.7 Å². The molecular weight excluding hydrogens is 294 g/mol. The van der Waals surface area contributed by atoms with Gasteiger partial charge >= 0.3 is 0 Å². The van der Waals surface area contributed by atoms with E-state index in [0.29, 0.717) is 5.92 Å². The highest BCUT2D eigenvalue weighted by Crippen LogP contribution is 2.36. The lowest BCUT2D eigenvalue weighted by molar-refractivity contribution is 0.836. The minimum Gasteiger partial charge on any atom is -0.358 e. The van der Waals surface area contributed by atoms with E-state index < -0.39 is 0 Å². The first kappa shape index (κ1) is 13.6. The van der Waals surface area contributed by atoms with Gasteiger partial charge in [0, 0.05) is 39.8 Å². The Bertz CT molecular complexity index is 883. The lowest BCUT2D eigenvalue weighted by atomic mass is 10.1. The van der Waals surface area contributed by atoms with Crippen molar-refractivity contribution in [3.8, 4) is 11.3 Å². The fraction of sp³-hybridized carbons (Fsp3) is 0.278. The Labute approximate surface area is 134 Å². The van der Waals surface area contributed by atoms with Gasteiger partial charge in [0.25, 0.3) is 0 Å². The molecule has 1 aromatic carbocycles. The molecule has 0 aliphatic carbocycles. The zero-order chi connectivity index (χ0) is 15.3. The summed E-state index contributed by atoms with van der Waals surface area (Å²) in [6.07, 6.45) is 3.98. The molecule has 2 N–H and O–H groups in total. The van der Waals surface area contributed by atoms with Crippen molar-refractivity contribution in [3.05, 3.63) is 40.7 Å². The molecule has 0 saturated carbocycles. The molecule has 0 fully saturated rings. The Morgan fingerprint density at radius 3 is 2.77 bits per heavy atom. The average Bonchev–Trinajstić information content (AvgIpc) is 3.09. The van der Waals surface area contributed by atoms with Crippen LogP contribution >= 0.6 is 11.6 Å². The molecule has 0 atom stereocenters. The highest BCUT2D eigenvalue weighted by molar-refractivity contribution is 6.34. The van der Waals surface area contributed by atoms with E-state index in [2.05, 4.69) is 47.0 Å². The van der Waals surface area contributed by atoms with Crippen LogP contribution in [-0.4, -0.2) is 16.2 Å². The number of halogens is 1. The van der Waals surface area contributed by atoms with Gasteiger partial charge in [-0.15, -0.1) is 0 Å². The SMILES string of the molecule is CC(C)c1cc2cc(Cl)c(-c3cc4c([nH]3)CCC=N4)cc2[nH]1. The highest BCUT2D eigenvalue weighted by Gasteiger charge is 2.15. The Balaban J connectivity index is 1.85. The van der Waals surface area contributed by atoms with Crippen molar-refractivity contribution in [2.45, 2.75) is 32.6 Å². The summed E-state index contributed by atoms with van der Waals surface area (Å²) in [5.74, 6) is 0.474. The molecule has 4 rings (SSSR count). The van der Waals surface area contributed by atoms with Gasteiger partial charge in [-0.3, -0.25) is 4.99 Å². The molecule has 0 bridgehead atoms. The van der Waals surface area contributed by atoms with E-state index >= 15 is 0 Å². The number of fused-ring (bicyclic) bond motifs is 2. The van der Waals surface area contributed by atoms with Gasteiger partial charge in [0.2, 0.25) is 0 Å². The van der Waals surface area contributed by atoms with E-state index in [1.807, 2.05) is 12.3 Å². The van der Waals surface area contributed by atoms with Crippen molar-refractivity contribution in [2.24, 2.45) is 4.99 Å². The van der Waals surface area contributed by atoms with Crippen molar-refractivity contribution >= 4 is 34.4 Å². The molecule has 0 saturated heterocycles. The van der Waals surface area contributed by atoms with E-state index in [9.17, 15) is 0 Å². The number of aromatic nitrogens is 2. The number of aliphatic imine (C=N–C) groups is 1. The molecule has 3 aromatic rings. The number of rotatable bonds is 2. The number of hydrogen-bond donors (Lipinski definition) is 2. The van der Waals surface area contributed by atoms with Crippen LogP contribution in [0.15, 0.2) is 29.3 Å². The number of aryl methyl sites for hydroxylation is 1. The molecule has 1 aliphatic heterocycles. The molecule has 3 heterocycles. The monoisotopic (exact) mass is 311 g/mol. The first-order valence-corrected chi connectivity index (χ1v) is 8.06.